The van der Waals surface area contributed by atoms with Crippen molar-refractivity contribution in [1.82, 2.24) is 20.5 Å². The van der Waals surface area contributed by atoms with E-state index in [0.717, 1.165) is 29.4 Å². The number of ether oxygens (including phenoxy) is 2. The van der Waals surface area contributed by atoms with Gasteiger partial charge < -0.3 is 14.8 Å². The molecule has 102 valence electrons. The third-order valence-corrected chi connectivity index (χ3v) is 2.82. The first-order valence-corrected chi connectivity index (χ1v) is 6.10. The van der Waals surface area contributed by atoms with Gasteiger partial charge in [0.05, 0.1) is 20.3 Å². The fourth-order valence-electron chi connectivity index (χ4n) is 1.93. The van der Waals surface area contributed by atoms with E-state index in [1.54, 1.807) is 14.2 Å². The van der Waals surface area contributed by atoms with Crippen molar-refractivity contribution in [3.05, 3.63) is 35.9 Å². The second-order valence-electron chi connectivity index (χ2n) is 4.01. The van der Waals surface area contributed by atoms with Gasteiger partial charge in [-0.25, -0.2) is 4.98 Å². The minimum Gasteiger partial charge on any atom is -0.497 e. The molecule has 6 heteroatoms. The van der Waals surface area contributed by atoms with Crippen molar-refractivity contribution < 1.29 is 9.47 Å². The molecule has 1 aromatic carbocycles. The smallest absolute Gasteiger partial charge is 0.145 e. The number of aromatic amines is 1. The second-order valence-corrected chi connectivity index (χ2v) is 4.01. The molecule has 6 nitrogen and oxygen atoms in total. The Balaban J connectivity index is 2.41. The zero-order chi connectivity index (χ0) is 13.7. The molecular formula is C13H18N4O2. The Labute approximate surface area is 112 Å². The maximum Gasteiger partial charge on any atom is 0.145 e. The molecule has 0 fully saturated rings. The molecule has 0 amide bonds. The molecule has 0 radical (unpaired) electrons. The third kappa shape index (κ3) is 3.03. The maximum absolute atomic E-state index is 5.29. The zero-order valence-electron chi connectivity index (χ0n) is 11.3. The number of benzene rings is 1. The van der Waals surface area contributed by atoms with E-state index in [0.29, 0.717) is 0 Å². The van der Waals surface area contributed by atoms with Crippen LogP contribution in [0.2, 0.25) is 0 Å². The SMILES string of the molecule is CCNC(c1cc(OC)cc(OC)c1)c1ncn[nH]1. The minimum absolute atomic E-state index is 0.0727. The number of rotatable bonds is 6. The summed E-state index contributed by atoms with van der Waals surface area (Å²) in [7, 11) is 3.27. The van der Waals surface area contributed by atoms with Gasteiger partial charge in [0.15, 0.2) is 0 Å². The van der Waals surface area contributed by atoms with Gasteiger partial charge in [-0.1, -0.05) is 6.92 Å². The molecule has 1 heterocycles. The molecule has 2 aromatic rings. The summed E-state index contributed by atoms with van der Waals surface area (Å²) < 4.78 is 10.6. The van der Waals surface area contributed by atoms with Gasteiger partial charge in [-0.2, -0.15) is 5.10 Å². The normalized spacial score (nSPS) is 12.2. The molecular weight excluding hydrogens is 244 g/mol. The van der Waals surface area contributed by atoms with Crippen LogP contribution in [0.1, 0.15) is 24.4 Å². The summed E-state index contributed by atoms with van der Waals surface area (Å²) in [6.45, 7) is 2.85. The van der Waals surface area contributed by atoms with Crippen molar-refractivity contribution in [2.24, 2.45) is 0 Å². The number of nitrogens with zero attached hydrogens (tertiary/aromatic N) is 2. The van der Waals surface area contributed by atoms with Crippen molar-refractivity contribution in [1.29, 1.82) is 0 Å². The number of hydrogen-bond acceptors (Lipinski definition) is 5. The molecule has 0 aliphatic rings. The van der Waals surface area contributed by atoms with Crippen molar-refractivity contribution in [3.8, 4) is 11.5 Å². The van der Waals surface area contributed by atoms with E-state index < -0.39 is 0 Å². The largest absolute Gasteiger partial charge is 0.497 e. The summed E-state index contributed by atoms with van der Waals surface area (Å²) in [5, 5.41) is 10.1. The van der Waals surface area contributed by atoms with Gasteiger partial charge in [-0.05, 0) is 24.2 Å². The summed E-state index contributed by atoms with van der Waals surface area (Å²) in [6, 6.07) is 5.68. The number of aromatic nitrogens is 3. The van der Waals surface area contributed by atoms with Gasteiger partial charge >= 0.3 is 0 Å². The van der Waals surface area contributed by atoms with Crippen LogP contribution in [0.3, 0.4) is 0 Å². The molecule has 0 saturated heterocycles. The average molecular weight is 262 g/mol. The lowest BCUT2D eigenvalue weighted by molar-refractivity contribution is 0.392. The predicted octanol–water partition coefficient (Wildman–Crippen LogP) is 1.52. The van der Waals surface area contributed by atoms with E-state index >= 15 is 0 Å². The fourth-order valence-corrected chi connectivity index (χ4v) is 1.93. The second kappa shape index (κ2) is 6.19. The maximum atomic E-state index is 5.29. The highest BCUT2D eigenvalue weighted by Gasteiger charge is 2.17. The summed E-state index contributed by atoms with van der Waals surface area (Å²) in [4.78, 5) is 4.21. The molecule has 2 rings (SSSR count). The number of H-pyrrole nitrogens is 1. The van der Waals surface area contributed by atoms with Gasteiger partial charge in [-0.3, -0.25) is 5.10 Å². The number of methoxy groups -OCH3 is 2. The van der Waals surface area contributed by atoms with E-state index in [4.69, 9.17) is 9.47 Å². The quantitative estimate of drug-likeness (QED) is 0.826. The van der Waals surface area contributed by atoms with Gasteiger partial charge in [0.1, 0.15) is 23.7 Å². The Bertz CT molecular complexity index is 491. The van der Waals surface area contributed by atoms with Crippen molar-refractivity contribution in [3.63, 3.8) is 0 Å². The molecule has 0 saturated carbocycles. The lowest BCUT2D eigenvalue weighted by Crippen LogP contribution is -2.23. The summed E-state index contributed by atoms with van der Waals surface area (Å²) >= 11 is 0. The average Bonchev–Trinajstić information content (AvgIpc) is 2.97. The molecule has 1 aromatic heterocycles. The van der Waals surface area contributed by atoms with E-state index in [-0.39, 0.29) is 6.04 Å². The first-order chi connectivity index (χ1) is 9.28. The Kier molecular flexibility index (Phi) is 4.35. The van der Waals surface area contributed by atoms with Crippen LogP contribution in [0.5, 0.6) is 11.5 Å². The Morgan fingerprint density at radius 3 is 2.37 bits per heavy atom. The van der Waals surface area contributed by atoms with Crippen molar-refractivity contribution in [2.75, 3.05) is 20.8 Å². The summed E-state index contributed by atoms with van der Waals surface area (Å²) in [6.07, 6.45) is 1.50. The molecule has 19 heavy (non-hydrogen) atoms. The van der Waals surface area contributed by atoms with Crippen LogP contribution in [-0.4, -0.2) is 35.9 Å². The Hall–Kier alpha value is -2.08. The highest BCUT2D eigenvalue weighted by atomic mass is 16.5. The first kappa shape index (κ1) is 13.4. The van der Waals surface area contributed by atoms with Crippen LogP contribution in [0.15, 0.2) is 24.5 Å². The lowest BCUT2D eigenvalue weighted by Gasteiger charge is -2.17. The molecule has 1 unspecified atom stereocenters. The van der Waals surface area contributed by atoms with E-state index in [9.17, 15) is 0 Å². The first-order valence-electron chi connectivity index (χ1n) is 6.10. The van der Waals surface area contributed by atoms with Crippen LogP contribution in [0, 0.1) is 0 Å². The van der Waals surface area contributed by atoms with E-state index in [1.807, 2.05) is 25.1 Å². The molecule has 0 spiro atoms. The van der Waals surface area contributed by atoms with E-state index in [2.05, 4.69) is 20.5 Å². The fraction of sp³-hybridized carbons (Fsp3) is 0.385. The molecule has 0 bridgehead atoms. The predicted molar refractivity (Wildman–Crippen MR) is 71.4 cm³/mol. The monoisotopic (exact) mass is 262 g/mol. The number of hydrogen-bond donors (Lipinski definition) is 2. The highest BCUT2D eigenvalue weighted by Crippen LogP contribution is 2.28. The van der Waals surface area contributed by atoms with E-state index in [1.165, 1.54) is 6.33 Å². The van der Waals surface area contributed by atoms with Crippen LogP contribution in [0.4, 0.5) is 0 Å². The summed E-state index contributed by atoms with van der Waals surface area (Å²) in [5.74, 6) is 2.26. The van der Waals surface area contributed by atoms with Gasteiger partial charge in [0, 0.05) is 6.07 Å². The molecule has 0 aliphatic heterocycles. The van der Waals surface area contributed by atoms with Gasteiger partial charge in [0.2, 0.25) is 0 Å². The third-order valence-electron chi connectivity index (χ3n) is 2.82. The molecule has 0 aliphatic carbocycles. The molecule has 2 N–H and O–H groups in total. The van der Waals surface area contributed by atoms with Crippen molar-refractivity contribution in [2.45, 2.75) is 13.0 Å². The molecule has 1 atom stereocenters. The van der Waals surface area contributed by atoms with Gasteiger partial charge in [0.25, 0.3) is 0 Å². The van der Waals surface area contributed by atoms with Gasteiger partial charge in [-0.15, -0.1) is 0 Å². The highest BCUT2D eigenvalue weighted by molar-refractivity contribution is 5.41. The number of nitrogens with one attached hydrogen (secondary N) is 2. The van der Waals surface area contributed by atoms with Crippen molar-refractivity contribution >= 4 is 0 Å². The Morgan fingerprint density at radius 2 is 1.89 bits per heavy atom. The Morgan fingerprint density at radius 1 is 1.21 bits per heavy atom. The standard InChI is InChI=1S/C13H18N4O2/c1-4-14-12(13-15-8-16-17-13)9-5-10(18-2)7-11(6-9)19-3/h5-8,12,14H,4H2,1-3H3,(H,15,16,17). The van der Waals surface area contributed by atoms with Crippen LogP contribution in [0.25, 0.3) is 0 Å². The topological polar surface area (TPSA) is 72.1 Å². The summed E-state index contributed by atoms with van der Waals surface area (Å²) in [5.41, 5.74) is 1.01. The lowest BCUT2D eigenvalue weighted by atomic mass is 10.1. The van der Waals surface area contributed by atoms with Crippen LogP contribution >= 0.6 is 0 Å². The van der Waals surface area contributed by atoms with Crippen LogP contribution < -0.4 is 14.8 Å². The van der Waals surface area contributed by atoms with Crippen LogP contribution in [-0.2, 0) is 0 Å². The minimum atomic E-state index is -0.0727. The zero-order valence-corrected chi connectivity index (χ0v) is 11.3.